The molecule has 0 amide bonds. The van der Waals surface area contributed by atoms with E-state index in [1.165, 1.54) is 0 Å². The van der Waals surface area contributed by atoms with Crippen molar-refractivity contribution in [2.24, 2.45) is 9.98 Å². The third-order valence-electron chi connectivity index (χ3n) is 3.10. The number of rotatable bonds is 4. The molecule has 2 aromatic carbocycles. The predicted octanol–water partition coefficient (Wildman–Crippen LogP) is 3.39. The quantitative estimate of drug-likeness (QED) is 0.721. The molecule has 0 fully saturated rings. The first-order valence-electron chi connectivity index (χ1n) is 7.19. The van der Waals surface area contributed by atoms with Crippen LogP contribution in [-0.4, -0.2) is 32.8 Å². The largest absolute Gasteiger partial charge is 0.508 e. The number of aromatic nitrogens is 2. The summed E-state index contributed by atoms with van der Waals surface area (Å²) in [5.41, 5.74) is 2.66. The molecule has 24 heavy (non-hydrogen) atoms. The number of nitrogens with zero attached hydrogens (tertiary/aromatic N) is 4. The van der Waals surface area contributed by atoms with Crippen molar-refractivity contribution >= 4 is 23.8 Å². The molecule has 0 spiro atoms. The van der Waals surface area contributed by atoms with Crippen molar-refractivity contribution in [3.05, 3.63) is 72.1 Å². The zero-order valence-electron chi connectivity index (χ0n) is 12.6. The van der Waals surface area contributed by atoms with Gasteiger partial charge in [-0.1, -0.05) is 0 Å². The molecule has 0 radical (unpaired) electrons. The van der Waals surface area contributed by atoms with Gasteiger partial charge in [0.2, 0.25) is 0 Å². The van der Waals surface area contributed by atoms with Crippen molar-refractivity contribution in [1.29, 1.82) is 0 Å². The number of benzene rings is 2. The zero-order chi connectivity index (χ0) is 16.8. The maximum Gasteiger partial charge on any atom is 0.115 e. The van der Waals surface area contributed by atoms with Gasteiger partial charge in [-0.15, -0.1) is 10.2 Å². The molecule has 118 valence electrons. The van der Waals surface area contributed by atoms with Crippen molar-refractivity contribution in [1.82, 2.24) is 10.2 Å². The lowest BCUT2D eigenvalue weighted by molar-refractivity contribution is 0.475. The number of phenols is 2. The first-order valence-corrected chi connectivity index (χ1v) is 7.19. The molecule has 0 atom stereocenters. The summed E-state index contributed by atoms with van der Waals surface area (Å²) in [7, 11) is 0. The number of aromatic hydroxyl groups is 2. The molecule has 3 aromatic rings. The fourth-order valence-corrected chi connectivity index (χ4v) is 1.85. The third-order valence-corrected chi connectivity index (χ3v) is 3.10. The Bertz CT molecular complexity index is 781. The average molecular weight is 318 g/mol. The van der Waals surface area contributed by atoms with E-state index in [2.05, 4.69) is 20.2 Å². The normalized spacial score (nSPS) is 11.3. The van der Waals surface area contributed by atoms with Crippen molar-refractivity contribution in [3.8, 4) is 11.5 Å². The Morgan fingerprint density at radius 2 is 0.958 bits per heavy atom. The van der Waals surface area contributed by atoms with E-state index in [9.17, 15) is 10.2 Å². The van der Waals surface area contributed by atoms with Gasteiger partial charge >= 0.3 is 0 Å². The Balaban J connectivity index is 1.66. The second-order valence-electron chi connectivity index (χ2n) is 4.93. The highest BCUT2D eigenvalue weighted by Crippen LogP contribution is 2.17. The Kier molecular flexibility index (Phi) is 4.57. The van der Waals surface area contributed by atoms with Gasteiger partial charge in [0.15, 0.2) is 0 Å². The van der Waals surface area contributed by atoms with Crippen molar-refractivity contribution in [2.75, 3.05) is 0 Å². The highest BCUT2D eigenvalue weighted by atomic mass is 16.3. The fraction of sp³-hybridized carbons (Fsp3) is 0. The van der Waals surface area contributed by atoms with Gasteiger partial charge in [0.1, 0.15) is 22.9 Å². The van der Waals surface area contributed by atoms with E-state index in [1.807, 2.05) is 0 Å². The van der Waals surface area contributed by atoms with E-state index < -0.39 is 0 Å². The monoisotopic (exact) mass is 318 g/mol. The van der Waals surface area contributed by atoms with Gasteiger partial charge in [0.05, 0.1) is 23.8 Å². The van der Waals surface area contributed by atoms with Gasteiger partial charge in [0, 0.05) is 0 Å². The van der Waals surface area contributed by atoms with E-state index in [0.717, 1.165) is 0 Å². The molecule has 0 unspecified atom stereocenters. The molecule has 0 aliphatic carbocycles. The number of phenolic OH excluding ortho intramolecular Hbond substituents is 2. The van der Waals surface area contributed by atoms with Gasteiger partial charge in [0.25, 0.3) is 0 Å². The topological polar surface area (TPSA) is 91.0 Å². The number of hydrogen-bond donors (Lipinski definition) is 2. The lowest BCUT2D eigenvalue weighted by atomic mass is 10.3. The van der Waals surface area contributed by atoms with Crippen LogP contribution in [0.5, 0.6) is 11.5 Å². The summed E-state index contributed by atoms with van der Waals surface area (Å²) in [5, 5.41) is 26.6. The Hall–Kier alpha value is -3.54. The lowest BCUT2D eigenvalue weighted by Crippen LogP contribution is -1.95. The van der Waals surface area contributed by atoms with E-state index in [4.69, 9.17) is 0 Å². The molecule has 0 saturated carbocycles. The lowest BCUT2D eigenvalue weighted by Gasteiger charge is -1.96. The summed E-state index contributed by atoms with van der Waals surface area (Å²) >= 11 is 0. The molecule has 0 saturated heterocycles. The van der Waals surface area contributed by atoms with Crippen LogP contribution in [0.2, 0.25) is 0 Å². The molecular formula is C18H14N4O2. The highest BCUT2D eigenvalue weighted by molar-refractivity contribution is 5.82. The van der Waals surface area contributed by atoms with Gasteiger partial charge < -0.3 is 10.2 Å². The molecule has 6 nitrogen and oxygen atoms in total. The number of aliphatic imine (C=N–C) groups is 2. The van der Waals surface area contributed by atoms with Crippen molar-refractivity contribution in [3.63, 3.8) is 0 Å². The minimum atomic E-state index is 0.200. The second kappa shape index (κ2) is 7.15. The molecule has 2 N–H and O–H groups in total. The smallest absolute Gasteiger partial charge is 0.115 e. The summed E-state index contributed by atoms with van der Waals surface area (Å²) in [6.07, 6.45) is 3.19. The Labute approximate surface area is 138 Å². The third kappa shape index (κ3) is 4.23. The SMILES string of the molecule is Oc1ccc(N=Cc2ccc(C=Nc3ccc(O)cc3)nn2)cc1. The maximum atomic E-state index is 9.22. The fourth-order valence-electron chi connectivity index (χ4n) is 1.85. The molecular weight excluding hydrogens is 304 g/mol. The standard InChI is InChI=1S/C18H14N4O2/c23-17-7-3-13(4-8-17)19-11-15-1-2-16(22-21-15)12-20-14-5-9-18(24)10-6-14/h1-12,23-24H. The summed E-state index contributed by atoms with van der Waals surface area (Å²) in [6.45, 7) is 0. The molecule has 1 heterocycles. The minimum Gasteiger partial charge on any atom is -0.508 e. The average Bonchev–Trinajstić information content (AvgIpc) is 2.62. The first-order chi connectivity index (χ1) is 11.7. The summed E-state index contributed by atoms with van der Waals surface area (Å²) in [5.74, 6) is 0.400. The molecule has 6 heteroatoms. The van der Waals surface area contributed by atoms with Crippen LogP contribution in [0.25, 0.3) is 0 Å². The summed E-state index contributed by atoms with van der Waals surface area (Å²) in [4.78, 5) is 8.51. The van der Waals surface area contributed by atoms with Crippen LogP contribution in [0.4, 0.5) is 11.4 Å². The molecule has 0 aliphatic rings. The molecule has 1 aromatic heterocycles. The van der Waals surface area contributed by atoms with Crippen molar-refractivity contribution < 1.29 is 10.2 Å². The van der Waals surface area contributed by atoms with E-state index in [1.54, 1.807) is 73.1 Å². The Morgan fingerprint density at radius 1 is 0.583 bits per heavy atom. The van der Waals surface area contributed by atoms with Crippen LogP contribution in [0.15, 0.2) is 70.6 Å². The van der Waals surface area contributed by atoms with Crippen LogP contribution in [-0.2, 0) is 0 Å². The maximum absolute atomic E-state index is 9.22. The van der Waals surface area contributed by atoms with Crippen LogP contribution in [0, 0.1) is 0 Å². The first kappa shape index (κ1) is 15.4. The second-order valence-corrected chi connectivity index (χ2v) is 4.93. The van der Waals surface area contributed by atoms with E-state index in [0.29, 0.717) is 22.8 Å². The molecule has 0 aliphatic heterocycles. The van der Waals surface area contributed by atoms with Gasteiger partial charge in [-0.25, -0.2) is 0 Å². The van der Waals surface area contributed by atoms with Crippen molar-refractivity contribution in [2.45, 2.75) is 0 Å². The van der Waals surface area contributed by atoms with Crippen LogP contribution < -0.4 is 0 Å². The van der Waals surface area contributed by atoms with Crippen LogP contribution >= 0.6 is 0 Å². The Morgan fingerprint density at radius 3 is 1.29 bits per heavy atom. The van der Waals surface area contributed by atoms with Crippen LogP contribution in [0.3, 0.4) is 0 Å². The van der Waals surface area contributed by atoms with E-state index >= 15 is 0 Å². The minimum absolute atomic E-state index is 0.200. The molecule has 3 rings (SSSR count). The summed E-state index contributed by atoms with van der Waals surface area (Å²) in [6, 6.07) is 16.7. The van der Waals surface area contributed by atoms with Crippen LogP contribution in [0.1, 0.15) is 11.4 Å². The predicted molar refractivity (Wildman–Crippen MR) is 92.8 cm³/mol. The number of hydrogen-bond acceptors (Lipinski definition) is 6. The van der Waals surface area contributed by atoms with Gasteiger partial charge in [-0.2, -0.15) is 0 Å². The highest BCUT2D eigenvalue weighted by Gasteiger charge is 1.95. The van der Waals surface area contributed by atoms with E-state index in [-0.39, 0.29) is 11.5 Å². The zero-order valence-corrected chi connectivity index (χ0v) is 12.6. The van der Waals surface area contributed by atoms with Gasteiger partial charge in [-0.3, -0.25) is 9.98 Å². The summed E-state index contributed by atoms with van der Waals surface area (Å²) < 4.78 is 0. The van der Waals surface area contributed by atoms with Gasteiger partial charge in [-0.05, 0) is 60.7 Å². The molecule has 0 bridgehead atoms.